The van der Waals surface area contributed by atoms with E-state index < -0.39 is 0 Å². The molecule has 72 valence electrons. The molecule has 1 rings (SSSR count). The minimum atomic E-state index is 0.233. The van der Waals surface area contributed by atoms with Gasteiger partial charge in [-0.2, -0.15) is 0 Å². The van der Waals surface area contributed by atoms with Crippen molar-refractivity contribution >= 4 is 17.3 Å². The van der Waals surface area contributed by atoms with Gasteiger partial charge in [-0.05, 0) is 37.5 Å². The lowest BCUT2D eigenvalue weighted by Crippen LogP contribution is -2.15. The van der Waals surface area contributed by atoms with Crippen molar-refractivity contribution in [1.82, 2.24) is 0 Å². The Balaban J connectivity index is 2.63. The Morgan fingerprint density at radius 1 is 1.46 bits per heavy atom. The molecule has 3 heteroatoms. The number of hydrogen-bond acceptors (Lipinski definition) is 2. The van der Waals surface area contributed by atoms with Crippen LogP contribution in [0.1, 0.15) is 18.9 Å². The van der Waals surface area contributed by atoms with Crippen molar-refractivity contribution in [2.24, 2.45) is 5.73 Å². The van der Waals surface area contributed by atoms with Gasteiger partial charge in [0.2, 0.25) is 0 Å². The van der Waals surface area contributed by atoms with Crippen molar-refractivity contribution in [2.75, 3.05) is 5.73 Å². The van der Waals surface area contributed by atoms with Crippen LogP contribution in [-0.4, -0.2) is 6.04 Å². The number of rotatable bonds is 3. The highest BCUT2D eigenvalue weighted by Crippen LogP contribution is 2.20. The van der Waals surface area contributed by atoms with Crippen molar-refractivity contribution in [3.8, 4) is 0 Å². The Morgan fingerprint density at radius 2 is 2.15 bits per heavy atom. The Bertz CT molecular complexity index is 284. The third-order valence-corrected chi connectivity index (χ3v) is 2.29. The summed E-state index contributed by atoms with van der Waals surface area (Å²) < 4.78 is 0. The van der Waals surface area contributed by atoms with Crippen LogP contribution in [0, 0.1) is 0 Å². The predicted octanol–water partition coefficient (Wildman–Crippen LogP) is 2.20. The third-order valence-electron chi connectivity index (χ3n) is 1.95. The second-order valence-corrected chi connectivity index (χ2v) is 3.78. The first kappa shape index (κ1) is 10.4. The molecular weight excluding hydrogens is 184 g/mol. The van der Waals surface area contributed by atoms with E-state index in [1.165, 1.54) is 5.56 Å². The minimum Gasteiger partial charge on any atom is -0.398 e. The van der Waals surface area contributed by atoms with E-state index in [0.29, 0.717) is 10.7 Å². The van der Waals surface area contributed by atoms with Gasteiger partial charge in [-0.15, -0.1) is 0 Å². The minimum absolute atomic E-state index is 0.233. The van der Waals surface area contributed by atoms with E-state index in [9.17, 15) is 0 Å². The molecule has 0 fully saturated rings. The SMILES string of the molecule is C[C@@H](N)CCc1ccc(Cl)c(N)c1. The van der Waals surface area contributed by atoms with Crippen LogP contribution in [0.5, 0.6) is 0 Å². The normalized spacial score (nSPS) is 12.8. The zero-order valence-electron chi connectivity index (χ0n) is 7.76. The van der Waals surface area contributed by atoms with Gasteiger partial charge < -0.3 is 11.5 Å². The molecule has 1 aromatic carbocycles. The van der Waals surface area contributed by atoms with E-state index in [1.54, 1.807) is 0 Å². The molecule has 4 N–H and O–H groups in total. The molecule has 1 aromatic rings. The summed E-state index contributed by atoms with van der Waals surface area (Å²) in [4.78, 5) is 0. The van der Waals surface area contributed by atoms with Crippen molar-refractivity contribution in [3.63, 3.8) is 0 Å². The van der Waals surface area contributed by atoms with E-state index >= 15 is 0 Å². The van der Waals surface area contributed by atoms with E-state index in [1.807, 2.05) is 25.1 Å². The second kappa shape index (κ2) is 4.49. The summed E-state index contributed by atoms with van der Waals surface area (Å²) in [6, 6.07) is 5.95. The summed E-state index contributed by atoms with van der Waals surface area (Å²) in [5, 5.41) is 0.615. The molecule has 0 heterocycles. The van der Waals surface area contributed by atoms with E-state index in [-0.39, 0.29) is 6.04 Å². The molecule has 0 saturated heterocycles. The summed E-state index contributed by atoms with van der Waals surface area (Å²) in [6.07, 6.45) is 1.93. The molecule has 0 saturated carbocycles. The standard InChI is InChI=1S/C10H15ClN2/c1-7(12)2-3-8-4-5-9(11)10(13)6-8/h4-7H,2-3,12-13H2,1H3/t7-/m1/s1. The Morgan fingerprint density at radius 3 is 2.69 bits per heavy atom. The Hall–Kier alpha value is -0.730. The molecular formula is C10H15ClN2. The van der Waals surface area contributed by atoms with Crippen molar-refractivity contribution in [2.45, 2.75) is 25.8 Å². The van der Waals surface area contributed by atoms with Crippen LogP contribution < -0.4 is 11.5 Å². The molecule has 0 aliphatic rings. The number of halogens is 1. The van der Waals surface area contributed by atoms with Crippen LogP contribution in [0.3, 0.4) is 0 Å². The smallest absolute Gasteiger partial charge is 0.0635 e. The summed E-state index contributed by atoms with van der Waals surface area (Å²) in [6.45, 7) is 2.00. The molecule has 0 spiro atoms. The molecule has 13 heavy (non-hydrogen) atoms. The van der Waals surface area contributed by atoms with Crippen molar-refractivity contribution in [1.29, 1.82) is 0 Å². The molecule has 0 aliphatic heterocycles. The van der Waals surface area contributed by atoms with Gasteiger partial charge in [-0.3, -0.25) is 0 Å². The number of nitrogens with two attached hydrogens (primary N) is 2. The van der Waals surface area contributed by atoms with Crippen LogP contribution >= 0.6 is 11.6 Å². The number of hydrogen-bond donors (Lipinski definition) is 2. The summed E-state index contributed by atoms with van der Waals surface area (Å²) >= 11 is 5.79. The highest BCUT2D eigenvalue weighted by Gasteiger charge is 2.00. The largest absolute Gasteiger partial charge is 0.398 e. The molecule has 1 atom stereocenters. The predicted molar refractivity (Wildman–Crippen MR) is 57.8 cm³/mol. The first-order chi connectivity index (χ1) is 6.09. The summed E-state index contributed by atoms with van der Waals surface area (Å²) in [5.74, 6) is 0. The van der Waals surface area contributed by atoms with Gasteiger partial charge in [0, 0.05) is 6.04 Å². The molecule has 0 aliphatic carbocycles. The fourth-order valence-corrected chi connectivity index (χ4v) is 1.26. The molecule has 0 bridgehead atoms. The van der Waals surface area contributed by atoms with Crippen molar-refractivity contribution in [3.05, 3.63) is 28.8 Å². The monoisotopic (exact) mass is 198 g/mol. The maximum Gasteiger partial charge on any atom is 0.0635 e. The molecule has 2 nitrogen and oxygen atoms in total. The van der Waals surface area contributed by atoms with Gasteiger partial charge in [0.25, 0.3) is 0 Å². The lowest BCUT2D eigenvalue weighted by Gasteiger charge is -2.06. The van der Waals surface area contributed by atoms with E-state index in [0.717, 1.165) is 12.8 Å². The van der Waals surface area contributed by atoms with Gasteiger partial charge in [0.15, 0.2) is 0 Å². The average Bonchev–Trinajstić information content (AvgIpc) is 2.07. The number of anilines is 1. The highest BCUT2D eigenvalue weighted by molar-refractivity contribution is 6.33. The first-order valence-corrected chi connectivity index (χ1v) is 4.77. The molecule has 0 unspecified atom stereocenters. The molecule has 0 amide bonds. The lowest BCUT2D eigenvalue weighted by atomic mass is 10.1. The zero-order valence-corrected chi connectivity index (χ0v) is 8.51. The third kappa shape index (κ3) is 3.25. The van der Waals surface area contributed by atoms with E-state index in [4.69, 9.17) is 23.1 Å². The van der Waals surface area contributed by atoms with Crippen LogP contribution in [0.15, 0.2) is 18.2 Å². The fourth-order valence-electron chi connectivity index (χ4n) is 1.14. The summed E-state index contributed by atoms with van der Waals surface area (Å²) in [5.41, 5.74) is 13.2. The topological polar surface area (TPSA) is 52.0 Å². The van der Waals surface area contributed by atoms with Gasteiger partial charge >= 0.3 is 0 Å². The Labute approximate surface area is 83.9 Å². The number of nitrogen functional groups attached to an aromatic ring is 1. The van der Waals surface area contributed by atoms with E-state index in [2.05, 4.69) is 0 Å². The Kier molecular flexibility index (Phi) is 3.58. The maximum atomic E-state index is 5.79. The van der Waals surface area contributed by atoms with Gasteiger partial charge in [0.05, 0.1) is 10.7 Å². The maximum absolute atomic E-state index is 5.79. The van der Waals surface area contributed by atoms with Crippen LogP contribution in [0.2, 0.25) is 5.02 Å². The van der Waals surface area contributed by atoms with Crippen LogP contribution in [0.25, 0.3) is 0 Å². The number of benzene rings is 1. The van der Waals surface area contributed by atoms with Gasteiger partial charge in [-0.25, -0.2) is 0 Å². The lowest BCUT2D eigenvalue weighted by molar-refractivity contribution is 0.666. The average molecular weight is 199 g/mol. The van der Waals surface area contributed by atoms with Gasteiger partial charge in [0.1, 0.15) is 0 Å². The van der Waals surface area contributed by atoms with Crippen LogP contribution in [0.4, 0.5) is 5.69 Å². The zero-order chi connectivity index (χ0) is 9.84. The molecule has 0 aromatic heterocycles. The fraction of sp³-hybridized carbons (Fsp3) is 0.400. The second-order valence-electron chi connectivity index (χ2n) is 3.37. The van der Waals surface area contributed by atoms with Gasteiger partial charge in [-0.1, -0.05) is 17.7 Å². The summed E-state index contributed by atoms with van der Waals surface area (Å²) in [7, 11) is 0. The molecule has 0 radical (unpaired) electrons. The highest BCUT2D eigenvalue weighted by atomic mass is 35.5. The van der Waals surface area contributed by atoms with Crippen LogP contribution in [-0.2, 0) is 6.42 Å². The first-order valence-electron chi connectivity index (χ1n) is 4.39. The quantitative estimate of drug-likeness (QED) is 0.732. The number of aryl methyl sites for hydroxylation is 1. The van der Waals surface area contributed by atoms with Crippen molar-refractivity contribution < 1.29 is 0 Å².